The molecular weight excluding hydrogens is 420 g/mol. The standard InChI is InChI=1S/C23H23ClN2O3S/c1-16-8-11-20(12-9-16)30(28,29)26-19-10-13-22(24)21(14-19)23(27)25-15-17(2)18-6-4-3-5-7-18/h3-14,17,26H,15H2,1-2H3,(H,25,27)/t17-/m1/s1. The van der Waals surface area contributed by atoms with E-state index in [0.717, 1.165) is 11.1 Å². The SMILES string of the molecule is Cc1ccc(S(=O)(=O)Nc2ccc(Cl)c(C(=O)NC[C@@H](C)c3ccccc3)c2)cc1. The van der Waals surface area contributed by atoms with Gasteiger partial charge in [-0.2, -0.15) is 0 Å². The van der Waals surface area contributed by atoms with Gasteiger partial charge in [-0.3, -0.25) is 9.52 Å². The van der Waals surface area contributed by atoms with Gasteiger partial charge < -0.3 is 5.32 Å². The number of sulfonamides is 1. The number of anilines is 1. The lowest BCUT2D eigenvalue weighted by Gasteiger charge is -2.14. The molecule has 0 aliphatic rings. The van der Waals surface area contributed by atoms with Crippen LogP contribution in [-0.4, -0.2) is 20.9 Å². The van der Waals surface area contributed by atoms with Crippen molar-refractivity contribution in [3.8, 4) is 0 Å². The molecule has 0 spiro atoms. The van der Waals surface area contributed by atoms with E-state index in [1.807, 2.05) is 44.2 Å². The van der Waals surface area contributed by atoms with E-state index in [0.29, 0.717) is 6.54 Å². The first kappa shape index (κ1) is 21.9. The molecule has 3 rings (SSSR count). The molecule has 1 amide bonds. The molecule has 0 radical (unpaired) electrons. The number of halogens is 1. The van der Waals surface area contributed by atoms with E-state index < -0.39 is 10.0 Å². The van der Waals surface area contributed by atoms with Gasteiger partial charge in [0.25, 0.3) is 15.9 Å². The third-order valence-electron chi connectivity index (χ3n) is 4.73. The maximum Gasteiger partial charge on any atom is 0.261 e. The molecule has 0 heterocycles. The molecule has 3 aromatic rings. The van der Waals surface area contributed by atoms with Crippen LogP contribution >= 0.6 is 11.6 Å². The molecule has 0 saturated carbocycles. The van der Waals surface area contributed by atoms with Crippen LogP contribution in [0.25, 0.3) is 0 Å². The van der Waals surface area contributed by atoms with Crippen LogP contribution in [0.4, 0.5) is 5.69 Å². The Morgan fingerprint density at radius 2 is 1.67 bits per heavy atom. The number of carbonyl (C=O) groups is 1. The summed E-state index contributed by atoms with van der Waals surface area (Å²) in [5.74, 6) is -0.240. The van der Waals surface area contributed by atoms with E-state index in [2.05, 4.69) is 10.0 Å². The number of carbonyl (C=O) groups excluding carboxylic acids is 1. The summed E-state index contributed by atoms with van der Waals surface area (Å²) in [4.78, 5) is 12.8. The minimum Gasteiger partial charge on any atom is -0.351 e. The monoisotopic (exact) mass is 442 g/mol. The molecule has 0 fully saturated rings. The largest absolute Gasteiger partial charge is 0.351 e. The third-order valence-corrected chi connectivity index (χ3v) is 6.46. The van der Waals surface area contributed by atoms with Crippen LogP contribution in [0.1, 0.15) is 34.3 Å². The summed E-state index contributed by atoms with van der Waals surface area (Å²) in [6.07, 6.45) is 0. The van der Waals surface area contributed by atoms with Gasteiger partial charge in [-0.15, -0.1) is 0 Å². The molecule has 1 atom stereocenters. The predicted octanol–water partition coefficient (Wildman–Crippen LogP) is 4.98. The van der Waals surface area contributed by atoms with Crippen molar-refractivity contribution in [1.82, 2.24) is 5.32 Å². The number of rotatable bonds is 7. The molecule has 156 valence electrons. The fourth-order valence-corrected chi connectivity index (χ4v) is 4.19. The lowest BCUT2D eigenvalue weighted by Crippen LogP contribution is -2.28. The lowest BCUT2D eigenvalue weighted by atomic mass is 10.0. The van der Waals surface area contributed by atoms with Crippen molar-refractivity contribution in [1.29, 1.82) is 0 Å². The van der Waals surface area contributed by atoms with Gasteiger partial charge in [0.1, 0.15) is 0 Å². The fraction of sp³-hybridized carbons (Fsp3) is 0.174. The Morgan fingerprint density at radius 3 is 2.33 bits per heavy atom. The molecule has 0 aliphatic heterocycles. The van der Waals surface area contributed by atoms with E-state index >= 15 is 0 Å². The van der Waals surface area contributed by atoms with Gasteiger partial charge >= 0.3 is 0 Å². The Morgan fingerprint density at radius 1 is 1.00 bits per heavy atom. The summed E-state index contributed by atoms with van der Waals surface area (Å²) in [5.41, 5.74) is 2.55. The lowest BCUT2D eigenvalue weighted by molar-refractivity contribution is 0.0952. The maximum absolute atomic E-state index is 12.7. The smallest absolute Gasteiger partial charge is 0.261 e. The van der Waals surface area contributed by atoms with Gasteiger partial charge in [0, 0.05) is 12.2 Å². The number of aryl methyl sites for hydroxylation is 1. The van der Waals surface area contributed by atoms with E-state index in [9.17, 15) is 13.2 Å². The van der Waals surface area contributed by atoms with Crippen molar-refractivity contribution in [3.05, 3.63) is 94.5 Å². The van der Waals surface area contributed by atoms with Gasteiger partial charge in [-0.25, -0.2) is 8.42 Å². The highest BCUT2D eigenvalue weighted by atomic mass is 35.5. The summed E-state index contributed by atoms with van der Waals surface area (Å²) in [5, 5.41) is 3.11. The van der Waals surface area contributed by atoms with Crippen molar-refractivity contribution in [2.45, 2.75) is 24.7 Å². The normalized spacial score (nSPS) is 12.2. The molecule has 0 bridgehead atoms. The molecular formula is C23H23ClN2O3S. The molecule has 3 aromatic carbocycles. The van der Waals surface area contributed by atoms with Crippen LogP contribution in [0.3, 0.4) is 0 Å². The Bertz CT molecular complexity index is 1130. The van der Waals surface area contributed by atoms with Gasteiger partial charge in [0.2, 0.25) is 0 Å². The molecule has 7 heteroatoms. The molecule has 0 aliphatic carbocycles. The molecule has 0 aromatic heterocycles. The van der Waals surface area contributed by atoms with Crippen molar-refractivity contribution < 1.29 is 13.2 Å². The van der Waals surface area contributed by atoms with Gasteiger partial charge in [-0.05, 0) is 48.7 Å². The maximum atomic E-state index is 12.7. The highest BCUT2D eigenvalue weighted by Gasteiger charge is 2.17. The summed E-state index contributed by atoms with van der Waals surface area (Å²) >= 11 is 6.19. The molecule has 2 N–H and O–H groups in total. The Hall–Kier alpha value is -2.83. The minimum atomic E-state index is -3.77. The molecule has 30 heavy (non-hydrogen) atoms. The van der Waals surface area contributed by atoms with Crippen LogP contribution < -0.4 is 10.0 Å². The number of amides is 1. The minimum absolute atomic E-state index is 0.122. The zero-order valence-corrected chi connectivity index (χ0v) is 18.3. The number of benzene rings is 3. The zero-order chi connectivity index (χ0) is 21.7. The number of nitrogens with one attached hydrogen (secondary N) is 2. The second-order valence-corrected chi connectivity index (χ2v) is 9.22. The number of hydrogen-bond acceptors (Lipinski definition) is 3. The average molecular weight is 443 g/mol. The summed E-state index contributed by atoms with van der Waals surface area (Å²) in [6.45, 7) is 4.33. The quantitative estimate of drug-likeness (QED) is 0.541. The fourth-order valence-electron chi connectivity index (χ4n) is 2.93. The van der Waals surface area contributed by atoms with Crippen LogP contribution in [0.15, 0.2) is 77.7 Å². The Labute approximate surface area is 182 Å². The van der Waals surface area contributed by atoms with Crippen LogP contribution in [-0.2, 0) is 10.0 Å². The molecule has 0 unspecified atom stereocenters. The second-order valence-electron chi connectivity index (χ2n) is 7.13. The Kier molecular flexibility index (Phi) is 6.80. The summed E-state index contributed by atoms with van der Waals surface area (Å²) in [7, 11) is -3.77. The van der Waals surface area contributed by atoms with Crippen molar-refractivity contribution in [3.63, 3.8) is 0 Å². The molecule has 0 saturated heterocycles. The van der Waals surface area contributed by atoms with E-state index in [1.54, 1.807) is 12.1 Å². The van der Waals surface area contributed by atoms with Crippen LogP contribution in [0.2, 0.25) is 5.02 Å². The van der Waals surface area contributed by atoms with Gasteiger partial charge in [0.05, 0.1) is 15.5 Å². The summed E-state index contributed by atoms with van der Waals surface area (Å²) in [6, 6.07) is 20.8. The summed E-state index contributed by atoms with van der Waals surface area (Å²) < 4.78 is 27.7. The number of hydrogen-bond donors (Lipinski definition) is 2. The van der Waals surface area contributed by atoms with Crippen LogP contribution in [0.5, 0.6) is 0 Å². The first-order valence-electron chi connectivity index (χ1n) is 9.48. The highest BCUT2D eigenvalue weighted by molar-refractivity contribution is 7.92. The first-order chi connectivity index (χ1) is 14.3. The zero-order valence-electron chi connectivity index (χ0n) is 16.7. The topological polar surface area (TPSA) is 75.3 Å². The van der Waals surface area contributed by atoms with E-state index in [1.165, 1.54) is 30.3 Å². The Balaban J connectivity index is 1.73. The molecule has 5 nitrogen and oxygen atoms in total. The van der Waals surface area contributed by atoms with E-state index in [4.69, 9.17) is 11.6 Å². The first-order valence-corrected chi connectivity index (χ1v) is 11.3. The second kappa shape index (κ2) is 9.32. The highest BCUT2D eigenvalue weighted by Crippen LogP contribution is 2.23. The van der Waals surface area contributed by atoms with Gasteiger partial charge in [-0.1, -0.05) is 66.6 Å². The van der Waals surface area contributed by atoms with Crippen molar-refractivity contribution >= 4 is 33.2 Å². The predicted molar refractivity (Wildman–Crippen MR) is 121 cm³/mol. The van der Waals surface area contributed by atoms with E-state index in [-0.39, 0.29) is 33.0 Å². The van der Waals surface area contributed by atoms with Crippen molar-refractivity contribution in [2.75, 3.05) is 11.3 Å². The van der Waals surface area contributed by atoms with Crippen LogP contribution in [0, 0.1) is 6.92 Å². The van der Waals surface area contributed by atoms with Gasteiger partial charge in [0.15, 0.2) is 0 Å². The van der Waals surface area contributed by atoms with Crippen molar-refractivity contribution in [2.24, 2.45) is 0 Å². The third kappa shape index (κ3) is 5.40. The average Bonchev–Trinajstić information content (AvgIpc) is 2.74.